The fourth-order valence-corrected chi connectivity index (χ4v) is 4.40. The standard InChI is InChI=1S/C26H22/c1-17-8-12-22-23-13-11-21(16-25(23)26(2,3)24(22)14-17)20-10-9-18-6-4-5-7-19(18)15-20/h4-16H,1-3H3. The molecule has 0 radical (unpaired) electrons. The van der Waals surface area contributed by atoms with Crippen LogP contribution in [-0.4, -0.2) is 0 Å². The zero-order chi connectivity index (χ0) is 17.9. The first-order valence-corrected chi connectivity index (χ1v) is 9.29. The van der Waals surface area contributed by atoms with Crippen molar-refractivity contribution in [1.82, 2.24) is 0 Å². The second kappa shape index (κ2) is 5.32. The quantitative estimate of drug-likeness (QED) is 0.347. The van der Waals surface area contributed by atoms with Gasteiger partial charge in [-0.25, -0.2) is 0 Å². The molecule has 0 aliphatic heterocycles. The average Bonchev–Trinajstić information content (AvgIpc) is 2.88. The minimum Gasteiger partial charge on any atom is -0.0616 e. The number of hydrogen-bond acceptors (Lipinski definition) is 0. The topological polar surface area (TPSA) is 0 Å². The van der Waals surface area contributed by atoms with Crippen molar-refractivity contribution in [1.29, 1.82) is 0 Å². The smallest absolute Gasteiger partial charge is 0.0159 e. The van der Waals surface area contributed by atoms with E-state index in [2.05, 4.69) is 99.6 Å². The Morgan fingerprint density at radius 1 is 0.577 bits per heavy atom. The van der Waals surface area contributed by atoms with E-state index < -0.39 is 0 Å². The third-order valence-electron chi connectivity index (χ3n) is 5.91. The molecule has 0 heteroatoms. The summed E-state index contributed by atoms with van der Waals surface area (Å²) in [7, 11) is 0. The van der Waals surface area contributed by atoms with Crippen LogP contribution in [0.3, 0.4) is 0 Å². The van der Waals surface area contributed by atoms with Crippen LogP contribution in [-0.2, 0) is 5.41 Å². The minimum absolute atomic E-state index is 0.0452. The predicted octanol–water partition coefficient (Wildman–Crippen LogP) is 7.12. The lowest BCUT2D eigenvalue weighted by Crippen LogP contribution is -2.15. The van der Waals surface area contributed by atoms with E-state index >= 15 is 0 Å². The molecule has 0 bridgehead atoms. The zero-order valence-electron chi connectivity index (χ0n) is 15.5. The largest absolute Gasteiger partial charge is 0.0616 e. The Morgan fingerprint density at radius 3 is 2.00 bits per heavy atom. The summed E-state index contributed by atoms with van der Waals surface area (Å²) in [6.45, 7) is 6.88. The Labute approximate surface area is 155 Å². The fraction of sp³-hybridized carbons (Fsp3) is 0.154. The lowest BCUT2D eigenvalue weighted by molar-refractivity contribution is 0.660. The molecule has 0 spiro atoms. The van der Waals surface area contributed by atoms with E-state index in [-0.39, 0.29) is 5.41 Å². The first kappa shape index (κ1) is 15.4. The number of aryl methyl sites for hydroxylation is 1. The molecule has 1 aliphatic carbocycles. The molecule has 0 N–H and O–H groups in total. The summed E-state index contributed by atoms with van der Waals surface area (Å²) in [5, 5.41) is 2.59. The molecule has 126 valence electrons. The zero-order valence-corrected chi connectivity index (χ0v) is 15.5. The summed E-state index contributed by atoms with van der Waals surface area (Å²) in [5.74, 6) is 0. The Morgan fingerprint density at radius 2 is 1.19 bits per heavy atom. The first-order valence-electron chi connectivity index (χ1n) is 9.29. The van der Waals surface area contributed by atoms with Crippen LogP contribution in [0.1, 0.15) is 30.5 Å². The van der Waals surface area contributed by atoms with Gasteiger partial charge in [0.2, 0.25) is 0 Å². The molecule has 0 nitrogen and oxygen atoms in total. The van der Waals surface area contributed by atoms with Crippen LogP contribution in [0.4, 0.5) is 0 Å². The molecule has 4 aromatic rings. The molecule has 0 atom stereocenters. The Kier molecular flexibility index (Phi) is 3.15. The van der Waals surface area contributed by atoms with Crippen LogP contribution < -0.4 is 0 Å². The number of benzene rings is 4. The van der Waals surface area contributed by atoms with Crippen LogP contribution in [0.5, 0.6) is 0 Å². The summed E-state index contributed by atoms with van der Waals surface area (Å²) in [6.07, 6.45) is 0. The van der Waals surface area contributed by atoms with E-state index in [1.807, 2.05) is 0 Å². The molecular weight excluding hydrogens is 312 g/mol. The summed E-state index contributed by atoms with van der Waals surface area (Å²) >= 11 is 0. The molecule has 0 amide bonds. The molecule has 5 rings (SSSR count). The van der Waals surface area contributed by atoms with E-state index in [9.17, 15) is 0 Å². The Bertz CT molecular complexity index is 1160. The third-order valence-corrected chi connectivity index (χ3v) is 5.91. The lowest BCUT2D eigenvalue weighted by Gasteiger charge is -2.22. The van der Waals surface area contributed by atoms with Gasteiger partial charge in [0.15, 0.2) is 0 Å². The van der Waals surface area contributed by atoms with Crippen LogP contribution in [0, 0.1) is 6.92 Å². The maximum Gasteiger partial charge on any atom is 0.0159 e. The summed E-state index contributed by atoms with van der Waals surface area (Å²) in [6, 6.07) is 29.2. The van der Waals surface area contributed by atoms with Gasteiger partial charge in [-0.15, -0.1) is 0 Å². The average molecular weight is 334 g/mol. The van der Waals surface area contributed by atoms with Gasteiger partial charge in [-0.1, -0.05) is 86.1 Å². The fourth-order valence-electron chi connectivity index (χ4n) is 4.40. The molecule has 26 heavy (non-hydrogen) atoms. The second-order valence-corrected chi connectivity index (χ2v) is 8.00. The van der Waals surface area contributed by atoms with Crippen molar-refractivity contribution in [3.63, 3.8) is 0 Å². The highest BCUT2D eigenvalue weighted by Gasteiger charge is 2.35. The minimum atomic E-state index is 0.0452. The summed E-state index contributed by atoms with van der Waals surface area (Å²) in [5.41, 5.74) is 9.62. The van der Waals surface area contributed by atoms with Crippen LogP contribution in [0.15, 0.2) is 78.9 Å². The number of fused-ring (bicyclic) bond motifs is 4. The SMILES string of the molecule is Cc1ccc2c(c1)C(C)(C)c1cc(-c3ccc4ccccc4c3)ccc1-2. The van der Waals surface area contributed by atoms with Gasteiger partial charge >= 0.3 is 0 Å². The molecule has 0 saturated heterocycles. The molecule has 0 saturated carbocycles. The van der Waals surface area contributed by atoms with Crippen molar-refractivity contribution in [2.45, 2.75) is 26.2 Å². The molecule has 4 aromatic carbocycles. The van der Waals surface area contributed by atoms with E-state index in [1.165, 1.54) is 49.7 Å². The van der Waals surface area contributed by atoms with Crippen molar-refractivity contribution < 1.29 is 0 Å². The highest BCUT2D eigenvalue weighted by molar-refractivity contribution is 5.89. The molecular formula is C26H22. The van der Waals surface area contributed by atoms with Crippen LogP contribution in [0.2, 0.25) is 0 Å². The normalized spacial score (nSPS) is 14.3. The van der Waals surface area contributed by atoms with Crippen LogP contribution >= 0.6 is 0 Å². The third kappa shape index (κ3) is 2.15. The molecule has 0 aromatic heterocycles. The maximum atomic E-state index is 2.40. The molecule has 0 fully saturated rings. The van der Waals surface area contributed by atoms with Gasteiger partial charge in [-0.3, -0.25) is 0 Å². The number of hydrogen-bond donors (Lipinski definition) is 0. The monoisotopic (exact) mass is 334 g/mol. The molecule has 0 heterocycles. The summed E-state index contributed by atoms with van der Waals surface area (Å²) < 4.78 is 0. The van der Waals surface area contributed by atoms with Gasteiger partial charge in [-0.05, 0) is 63.2 Å². The van der Waals surface area contributed by atoms with Gasteiger partial charge in [0.05, 0.1) is 0 Å². The first-order chi connectivity index (χ1) is 12.5. The van der Waals surface area contributed by atoms with Gasteiger partial charge in [-0.2, -0.15) is 0 Å². The van der Waals surface area contributed by atoms with E-state index in [0.717, 1.165) is 0 Å². The van der Waals surface area contributed by atoms with E-state index in [0.29, 0.717) is 0 Å². The van der Waals surface area contributed by atoms with Crippen molar-refractivity contribution in [2.24, 2.45) is 0 Å². The van der Waals surface area contributed by atoms with Crippen molar-refractivity contribution in [2.75, 3.05) is 0 Å². The van der Waals surface area contributed by atoms with Gasteiger partial charge in [0.1, 0.15) is 0 Å². The Hall–Kier alpha value is -2.86. The molecule has 1 aliphatic rings. The van der Waals surface area contributed by atoms with Crippen molar-refractivity contribution in [3.8, 4) is 22.3 Å². The number of rotatable bonds is 1. The maximum absolute atomic E-state index is 2.40. The predicted molar refractivity (Wildman–Crippen MR) is 112 cm³/mol. The summed E-state index contributed by atoms with van der Waals surface area (Å²) in [4.78, 5) is 0. The van der Waals surface area contributed by atoms with E-state index in [1.54, 1.807) is 0 Å². The van der Waals surface area contributed by atoms with E-state index in [4.69, 9.17) is 0 Å². The van der Waals surface area contributed by atoms with Gasteiger partial charge in [0.25, 0.3) is 0 Å². The second-order valence-electron chi connectivity index (χ2n) is 8.00. The van der Waals surface area contributed by atoms with Crippen LogP contribution in [0.25, 0.3) is 33.0 Å². The Balaban J connectivity index is 1.69. The van der Waals surface area contributed by atoms with Crippen molar-refractivity contribution >= 4 is 10.8 Å². The van der Waals surface area contributed by atoms with Crippen molar-refractivity contribution in [3.05, 3.63) is 95.6 Å². The highest BCUT2D eigenvalue weighted by Crippen LogP contribution is 2.49. The highest BCUT2D eigenvalue weighted by atomic mass is 14.4. The van der Waals surface area contributed by atoms with Gasteiger partial charge in [0, 0.05) is 5.41 Å². The lowest BCUT2D eigenvalue weighted by atomic mass is 9.81. The van der Waals surface area contributed by atoms with Gasteiger partial charge < -0.3 is 0 Å². The molecule has 0 unspecified atom stereocenters.